The Morgan fingerprint density at radius 1 is 1.31 bits per heavy atom. The van der Waals surface area contributed by atoms with Gasteiger partial charge in [0.1, 0.15) is 6.04 Å². The summed E-state index contributed by atoms with van der Waals surface area (Å²) in [4.78, 5) is 12.9. The van der Waals surface area contributed by atoms with Crippen LogP contribution in [0.2, 0.25) is 0 Å². The van der Waals surface area contributed by atoms with Crippen molar-refractivity contribution in [1.82, 2.24) is 4.90 Å². The average Bonchev–Trinajstić information content (AvgIpc) is 2.30. The van der Waals surface area contributed by atoms with E-state index < -0.39 is 5.97 Å². The number of hydrogen-bond acceptors (Lipinski definition) is 3. The van der Waals surface area contributed by atoms with Gasteiger partial charge in [0, 0.05) is 19.7 Å². The molecule has 0 unspecified atom stereocenters. The molecule has 2 aliphatic heterocycles. The first-order valence-corrected chi connectivity index (χ1v) is 6.24. The van der Waals surface area contributed by atoms with Gasteiger partial charge in [-0.2, -0.15) is 0 Å². The third kappa shape index (κ3) is 2.38. The van der Waals surface area contributed by atoms with Gasteiger partial charge in [-0.25, -0.2) is 0 Å². The van der Waals surface area contributed by atoms with Gasteiger partial charge in [0.05, 0.1) is 5.60 Å². The fraction of sp³-hybridized carbons (Fsp3) is 0.917. The van der Waals surface area contributed by atoms with Crippen LogP contribution in [0.3, 0.4) is 0 Å². The predicted molar refractivity (Wildman–Crippen MR) is 60.4 cm³/mol. The second-order valence-electron chi connectivity index (χ2n) is 5.04. The van der Waals surface area contributed by atoms with Crippen molar-refractivity contribution in [3.05, 3.63) is 0 Å². The normalized spacial score (nSPS) is 27.8. The fourth-order valence-corrected chi connectivity index (χ4v) is 2.78. The number of aliphatic carboxylic acids is 1. The largest absolute Gasteiger partial charge is 0.480 e. The SMILES string of the molecule is C[C@H](C(=O)O)N1CCC2(CCCCO2)CC1. The topological polar surface area (TPSA) is 49.8 Å². The number of likely N-dealkylation sites (tertiary alicyclic amines) is 1. The van der Waals surface area contributed by atoms with Crippen LogP contribution >= 0.6 is 0 Å². The molecule has 1 spiro atoms. The summed E-state index contributed by atoms with van der Waals surface area (Å²) in [7, 11) is 0. The minimum absolute atomic E-state index is 0.0764. The highest BCUT2D eigenvalue weighted by Crippen LogP contribution is 2.35. The Hall–Kier alpha value is -0.610. The van der Waals surface area contributed by atoms with E-state index in [1.807, 2.05) is 4.90 Å². The van der Waals surface area contributed by atoms with Gasteiger partial charge < -0.3 is 9.84 Å². The predicted octanol–water partition coefficient (Wildman–Crippen LogP) is 1.49. The van der Waals surface area contributed by atoms with Crippen molar-refractivity contribution in [3.63, 3.8) is 0 Å². The number of carbonyl (C=O) groups is 1. The zero-order chi connectivity index (χ0) is 11.6. The number of ether oxygens (including phenoxy) is 1. The maximum absolute atomic E-state index is 10.9. The zero-order valence-corrected chi connectivity index (χ0v) is 9.95. The standard InChI is InChI=1S/C12H21NO3/c1-10(11(14)15)13-7-5-12(6-8-13)4-2-3-9-16-12/h10H,2-9H2,1H3,(H,14,15)/t10-/m1/s1. The van der Waals surface area contributed by atoms with Crippen molar-refractivity contribution in [2.45, 2.75) is 50.7 Å². The highest BCUT2D eigenvalue weighted by Gasteiger charge is 2.38. The molecule has 2 fully saturated rings. The Labute approximate surface area is 96.6 Å². The number of carboxylic acids is 1. The lowest BCUT2D eigenvalue weighted by Crippen LogP contribution is -2.51. The van der Waals surface area contributed by atoms with E-state index in [0.717, 1.165) is 39.0 Å². The Bertz CT molecular complexity index is 251. The minimum Gasteiger partial charge on any atom is -0.480 e. The molecule has 2 saturated heterocycles. The Kier molecular flexibility index (Phi) is 3.50. The van der Waals surface area contributed by atoms with Gasteiger partial charge in [0.15, 0.2) is 0 Å². The first-order chi connectivity index (χ1) is 7.63. The number of carboxylic acid groups (broad SMARTS) is 1. The lowest BCUT2D eigenvalue weighted by molar-refractivity contribution is -0.148. The summed E-state index contributed by atoms with van der Waals surface area (Å²) in [5.41, 5.74) is 0.0764. The third-order valence-electron chi connectivity index (χ3n) is 4.05. The van der Waals surface area contributed by atoms with Crippen LogP contribution in [0, 0.1) is 0 Å². The fourth-order valence-electron chi connectivity index (χ4n) is 2.78. The molecule has 2 heterocycles. The maximum atomic E-state index is 10.9. The van der Waals surface area contributed by atoms with Gasteiger partial charge in [-0.1, -0.05) is 0 Å². The van der Waals surface area contributed by atoms with Crippen molar-refractivity contribution in [2.24, 2.45) is 0 Å². The van der Waals surface area contributed by atoms with Crippen LogP contribution in [0.1, 0.15) is 39.0 Å². The molecule has 0 aromatic heterocycles. The third-order valence-corrected chi connectivity index (χ3v) is 4.05. The molecule has 0 aliphatic carbocycles. The number of nitrogens with zero attached hydrogens (tertiary/aromatic N) is 1. The van der Waals surface area contributed by atoms with E-state index in [-0.39, 0.29) is 11.6 Å². The van der Waals surface area contributed by atoms with Crippen molar-refractivity contribution < 1.29 is 14.6 Å². The first-order valence-electron chi connectivity index (χ1n) is 6.24. The molecule has 0 radical (unpaired) electrons. The maximum Gasteiger partial charge on any atom is 0.320 e. The number of rotatable bonds is 2. The van der Waals surface area contributed by atoms with Gasteiger partial charge in [0.25, 0.3) is 0 Å². The molecular weight excluding hydrogens is 206 g/mol. The zero-order valence-electron chi connectivity index (χ0n) is 9.95. The second kappa shape index (κ2) is 4.72. The summed E-state index contributed by atoms with van der Waals surface area (Å²) in [6.07, 6.45) is 5.57. The van der Waals surface area contributed by atoms with Crippen molar-refractivity contribution in [2.75, 3.05) is 19.7 Å². The highest BCUT2D eigenvalue weighted by atomic mass is 16.5. The summed E-state index contributed by atoms with van der Waals surface area (Å²) < 4.78 is 5.92. The van der Waals surface area contributed by atoms with Crippen LogP contribution in [0.4, 0.5) is 0 Å². The van der Waals surface area contributed by atoms with E-state index >= 15 is 0 Å². The van der Waals surface area contributed by atoms with Crippen LogP contribution in [0.25, 0.3) is 0 Å². The van der Waals surface area contributed by atoms with E-state index in [4.69, 9.17) is 9.84 Å². The van der Waals surface area contributed by atoms with Gasteiger partial charge in [-0.15, -0.1) is 0 Å². The summed E-state index contributed by atoms with van der Waals surface area (Å²) in [6, 6.07) is -0.360. The summed E-state index contributed by atoms with van der Waals surface area (Å²) in [5.74, 6) is -0.722. The minimum atomic E-state index is -0.722. The number of piperidine rings is 1. The van der Waals surface area contributed by atoms with E-state index in [2.05, 4.69) is 0 Å². The van der Waals surface area contributed by atoms with Gasteiger partial charge in [0.2, 0.25) is 0 Å². The van der Waals surface area contributed by atoms with Crippen LogP contribution in [-0.4, -0.2) is 47.3 Å². The molecule has 2 aliphatic rings. The lowest BCUT2D eigenvalue weighted by atomic mass is 9.84. The average molecular weight is 227 g/mol. The first kappa shape index (κ1) is 11.9. The van der Waals surface area contributed by atoms with Crippen LogP contribution < -0.4 is 0 Å². The van der Waals surface area contributed by atoms with E-state index in [0.29, 0.717) is 0 Å². The summed E-state index contributed by atoms with van der Waals surface area (Å²) in [6.45, 7) is 4.36. The second-order valence-corrected chi connectivity index (χ2v) is 5.04. The van der Waals surface area contributed by atoms with Gasteiger partial charge >= 0.3 is 5.97 Å². The van der Waals surface area contributed by atoms with Crippen LogP contribution in [-0.2, 0) is 9.53 Å². The number of hydrogen-bond donors (Lipinski definition) is 1. The molecule has 0 saturated carbocycles. The molecule has 16 heavy (non-hydrogen) atoms. The molecule has 92 valence electrons. The Balaban J connectivity index is 1.88. The summed E-state index contributed by atoms with van der Waals surface area (Å²) in [5, 5.41) is 8.96. The molecule has 1 N–H and O–H groups in total. The molecule has 4 nitrogen and oxygen atoms in total. The Morgan fingerprint density at radius 2 is 2.00 bits per heavy atom. The smallest absolute Gasteiger partial charge is 0.320 e. The molecule has 0 aromatic carbocycles. The summed E-state index contributed by atoms with van der Waals surface area (Å²) >= 11 is 0. The quantitative estimate of drug-likeness (QED) is 0.776. The van der Waals surface area contributed by atoms with Gasteiger partial charge in [-0.05, 0) is 39.0 Å². The molecule has 4 heteroatoms. The lowest BCUT2D eigenvalue weighted by Gasteiger charge is -2.44. The monoisotopic (exact) mass is 227 g/mol. The molecule has 0 aromatic rings. The van der Waals surface area contributed by atoms with E-state index in [9.17, 15) is 4.79 Å². The molecule has 1 atom stereocenters. The van der Waals surface area contributed by atoms with E-state index in [1.54, 1.807) is 6.92 Å². The molecule has 0 bridgehead atoms. The van der Waals surface area contributed by atoms with Crippen LogP contribution in [0.5, 0.6) is 0 Å². The molecular formula is C12H21NO3. The van der Waals surface area contributed by atoms with E-state index in [1.165, 1.54) is 12.8 Å². The van der Waals surface area contributed by atoms with Crippen molar-refractivity contribution in [3.8, 4) is 0 Å². The van der Waals surface area contributed by atoms with Crippen LogP contribution in [0.15, 0.2) is 0 Å². The van der Waals surface area contributed by atoms with Gasteiger partial charge in [-0.3, -0.25) is 9.69 Å². The van der Waals surface area contributed by atoms with Crippen molar-refractivity contribution in [1.29, 1.82) is 0 Å². The highest BCUT2D eigenvalue weighted by molar-refractivity contribution is 5.72. The molecule has 0 amide bonds. The Morgan fingerprint density at radius 3 is 2.50 bits per heavy atom. The molecule has 2 rings (SSSR count). The van der Waals surface area contributed by atoms with Crippen molar-refractivity contribution >= 4 is 5.97 Å².